The van der Waals surface area contributed by atoms with Crippen molar-refractivity contribution in [1.82, 2.24) is 5.43 Å². The molecule has 4 heteroatoms. The summed E-state index contributed by atoms with van der Waals surface area (Å²) in [4.78, 5) is 0.995. The number of amidine groups is 1. The van der Waals surface area contributed by atoms with E-state index in [1.54, 1.807) is 18.4 Å². The molecule has 54 valence electrons. The molecule has 0 aliphatic heterocycles. The van der Waals surface area contributed by atoms with E-state index in [9.17, 15) is 0 Å². The van der Waals surface area contributed by atoms with E-state index in [4.69, 9.17) is 5.73 Å². The van der Waals surface area contributed by atoms with Gasteiger partial charge in [0.15, 0.2) is 5.84 Å². The Morgan fingerprint density at radius 1 is 1.80 bits per heavy atom. The molecule has 0 fully saturated rings. The summed E-state index contributed by atoms with van der Waals surface area (Å²) in [6.07, 6.45) is 0. The highest BCUT2D eigenvalue weighted by Crippen LogP contribution is 2.06. The molecular weight excluding hydrogens is 146 g/mol. The van der Waals surface area contributed by atoms with Gasteiger partial charge in [0.1, 0.15) is 0 Å². The van der Waals surface area contributed by atoms with Crippen LogP contribution in [0.1, 0.15) is 4.88 Å². The summed E-state index contributed by atoms with van der Waals surface area (Å²) in [6, 6.07) is 3.87. The summed E-state index contributed by atoms with van der Waals surface area (Å²) < 4.78 is 0. The third-order valence-corrected chi connectivity index (χ3v) is 1.90. The minimum absolute atomic E-state index is 0.539. The van der Waals surface area contributed by atoms with E-state index in [-0.39, 0.29) is 0 Å². The standard InChI is InChI=1S/C6H9N3S/c1-8-9-6(7)5-3-2-4-10-5/h2-4,8H,1H3,(H2,7,9). The lowest BCUT2D eigenvalue weighted by atomic mass is 10.4. The van der Waals surface area contributed by atoms with Crippen LogP contribution < -0.4 is 11.2 Å². The van der Waals surface area contributed by atoms with Crippen molar-refractivity contribution in [1.29, 1.82) is 0 Å². The van der Waals surface area contributed by atoms with Gasteiger partial charge in [0.2, 0.25) is 0 Å². The molecule has 0 aromatic carbocycles. The molecule has 0 unspecified atom stereocenters. The maximum absolute atomic E-state index is 5.55. The zero-order valence-electron chi connectivity index (χ0n) is 5.66. The van der Waals surface area contributed by atoms with Crippen LogP contribution in [0, 0.1) is 0 Å². The van der Waals surface area contributed by atoms with Crippen LogP contribution in [0.2, 0.25) is 0 Å². The Morgan fingerprint density at radius 3 is 3.10 bits per heavy atom. The highest BCUT2D eigenvalue weighted by atomic mass is 32.1. The van der Waals surface area contributed by atoms with Crippen LogP contribution in [0.5, 0.6) is 0 Å². The van der Waals surface area contributed by atoms with Crippen LogP contribution in [0.25, 0.3) is 0 Å². The van der Waals surface area contributed by atoms with Crippen molar-refractivity contribution in [3.8, 4) is 0 Å². The molecule has 0 aliphatic carbocycles. The normalized spacial score (nSPS) is 11.5. The van der Waals surface area contributed by atoms with Gasteiger partial charge in [-0.1, -0.05) is 6.07 Å². The van der Waals surface area contributed by atoms with Gasteiger partial charge in [-0.3, -0.25) is 0 Å². The SMILES string of the molecule is CN/N=C(\N)c1cccs1. The molecule has 1 heterocycles. The van der Waals surface area contributed by atoms with Crippen molar-refractivity contribution in [3.05, 3.63) is 22.4 Å². The average molecular weight is 155 g/mol. The predicted octanol–water partition coefficient (Wildman–Crippen LogP) is 0.588. The highest BCUT2D eigenvalue weighted by Gasteiger charge is 1.95. The first-order chi connectivity index (χ1) is 4.84. The Morgan fingerprint density at radius 2 is 2.60 bits per heavy atom. The molecule has 1 rings (SSSR count). The third-order valence-electron chi connectivity index (χ3n) is 1.01. The number of nitrogens with zero attached hydrogens (tertiary/aromatic N) is 1. The molecule has 0 spiro atoms. The van der Waals surface area contributed by atoms with E-state index in [0.29, 0.717) is 5.84 Å². The Balaban J connectivity index is 2.77. The van der Waals surface area contributed by atoms with Gasteiger partial charge in [-0.15, -0.1) is 11.3 Å². The third kappa shape index (κ3) is 1.48. The lowest BCUT2D eigenvalue weighted by molar-refractivity contribution is 0.899. The monoisotopic (exact) mass is 155 g/mol. The molecule has 3 N–H and O–H groups in total. The van der Waals surface area contributed by atoms with Gasteiger partial charge in [0, 0.05) is 7.05 Å². The Kier molecular flexibility index (Phi) is 2.28. The summed E-state index contributed by atoms with van der Waals surface area (Å²) in [7, 11) is 1.72. The van der Waals surface area contributed by atoms with Gasteiger partial charge in [-0.2, -0.15) is 5.10 Å². The molecule has 0 saturated heterocycles. The van der Waals surface area contributed by atoms with Crippen molar-refractivity contribution < 1.29 is 0 Å². The second-order valence-corrected chi connectivity index (χ2v) is 2.65. The van der Waals surface area contributed by atoms with E-state index in [1.807, 2.05) is 17.5 Å². The Bertz CT molecular complexity index is 215. The van der Waals surface area contributed by atoms with E-state index in [1.165, 1.54) is 0 Å². The first-order valence-corrected chi connectivity index (χ1v) is 3.76. The van der Waals surface area contributed by atoms with Crippen LogP contribution in [0.3, 0.4) is 0 Å². The summed E-state index contributed by atoms with van der Waals surface area (Å²) in [6.45, 7) is 0. The Hall–Kier alpha value is -1.03. The maximum atomic E-state index is 5.55. The van der Waals surface area contributed by atoms with Crippen LogP contribution in [-0.2, 0) is 0 Å². The molecule has 0 aliphatic rings. The summed E-state index contributed by atoms with van der Waals surface area (Å²) in [5.74, 6) is 0.539. The number of hydrogen-bond donors (Lipinski definition) is 2. The van der Waals surface area contributed by atoms with Crippen LogP contribution in [0.4, 0.5) is 0 Å². The molecule has 0 atom stereocenters. The minimum atomic E-state index is 0.539. The highest BCUT2D eigenvalue weighted by molar-refractivity contribution is 7.12. The fourth-order valence-electron chi connectivity index (χ4n) is 0.600. The zero-order chi connectivity index (χ0) is 7.40. The first kappa shape index (κ1) is 7.08. The minimum Gasteiger partial charge on any atom is -0.381 e. The van der Waals surface area contributed by atoms with Crippen molar-refractivity contribution in [2.24, 2.45) is 10.8 Å². The van der Waals surface area contributed by atoms with Gasteiger partial charge < -0.3 is 11.2 Å². The second-order valence-electron chi connectivity index (χ2n) is 1.70. The van der Waals surface area contributed by atoms with E-state index < -0.39 is 0 Å². The lowest BCUT2D eigenvalue weighted by Crippen LogP contribution is -2.15. The second kappa shape index (κ2) is 3.22. The fraction of sp³-hybridized carbons (Fsp3) is 0.167. The average Bonchev–Trinajstić information content (AvgIpc) is 2.38. The Labute approximate surface area is 63.6 Å². The van der Waals surface area contributed by atoms with E-state index in [2.05, 4.69) is 10.5 Å². The van der Waals surface area contributed by atoms with Gasteiger partial charge in [0.25, 0.3) is 0 Å². The van der Waals surface area contributed by atoms with Crippen LogP contribution in [-0.4, -0.2) is 12.9 Å². The van der Waals surface area contributed by atoms with E-state index >= 15 is 0 Å². The molecule has 3 nitrogen and oxygen atoms in total. The molecule has 10 heavy (non-hydrogen) atoms. The maximum Gasteiger partial charge on any atom is 0.160 e. The smallest absolute Gasteiger partial charge is 0.160 e. The molecule has 1 aromatic heterocycles. The summed E-state index contributed by atoms with van der Waals surface area (Å²) in [5.41, 5.74) is 8.17. The van der Waals surface area contributed by atoms with Crippen molar-refractivity contribution in [2.45, 2.75) is 0 Å². The lowest BCUT2D eigenvalue weighted by Gasteiger charge is -1.93. The molecule has 0 amide bonds. The molecule has 0 saturated carbocycles. The van der Waals surface area contributed by atoms with Gasteiger partial charge in [-0.05, 0) is 11.4 Å². The van der Waals surface area contributed by atoms with Crippen molar-refractivity contribution >= 4 is 17.2 Å². The zero-order valence-corrected chi connectivity index (χ0v) is 6.48. The quantitative estimate of drug-likeness (QED) is 0.373. The van der Waals surface area contributed by atoms with Crippen molar-refractivity contribution in [2.75, 3.05) is 7.05 Å². The van der Waals surface area contributed by atoms with Gasteiger partial charge in [0.05, 0.1) is 4.88 Å². The van der Waals surface area contributed by atoms with Crippen LogP contribution >= 0.6 is 11.3 Å². The number of hydrogen-bond acceptors (Lipinski definition) is 3. The molecule has 1 aromatic rings. The number of rotatable bonds is 2. The predicted molar refractivity (Wildman–Crippen MR) is 44.1 cm³/mol. The van der Waals surface area contributed by atoms with Crippen molar-refractivity contribution in [3.63, 3.8) is 0 Å². The van der Waals surface area contributed by atoms with Gasteiger partial charge in [-0.25, -0.2) is 0 Å². The molecule has 0 radical (unpaired) electrons. The number of nitrogens with one attached hydrogen (secondary N) is 1. The number of hydrazone groups is 1. The first-order valence-electron chi connectivity index (χ1n) is 2.88. The summed E-state index contributed by atoms with van der Waals surface area (Å²) >= 11 is 1.58. The number of nitrogens with two attached hydrogens (primary N) is 1. The molecular formula is C6H9N3S. The number of thiophene rings is 1. The topological polar surface area (TPSA) is 50.4 Å². The van der Waals surface area contributed by atoms with Crippen LogP contribution in [0.15, 0.2) is 22.6 Å². The summed E-state index contributed by atoms with van der Waals surface area (Å²) in [5, 5.41) is 5.79. The fourth-order valence-corrected chi connectivity index (χ4v) is 1.23. The van der Waals surface area contributed by atoms with E-state index in [0.717, 1.165) is 4.88 Å². The largest absolute Gasteiger partial charge is 0.381 e. The molecule has 0 bridgehead atoms. The van der Waals surface area contributed by atoms with Gasteiger partial charge >= 0.3 is 0 Å².